The maximum atomic E-state index is 11.6. The molecular formula is C11H10N2O3. The van der Waals surface area contributed by atoms with E-state index in [0.717, 1.165) is 5.56 Å². The van der Waals surface area contributed by atoms with Gasteiger partial charge < -0.3 is 9.26 Å². The molecule has 0 N–H and O–H groups in total. The van der Waals surface area contributed by atoms with E-state index in [0.29, 0.717) is 17.9 Å². The fourth-order valence-electron chi connectivity index (χ4n) is 1.30. The van der Waals surface area contributed by atoms with Crippen molar-refractivity contribution in [2.24, 2.45) is 0 Å². The molecule has 0 unspecified atom stereocenters. The van der Waals surface area contributed by atoms with Crippen molar-refractivity contribution < 1.29 is 14.1 Å². The number of pyridine rings is 1. The summed E-state index contributed by atoms with van der Waals surface area (Å²) in [6.45, 7) is 2.06. The Kier molecular flexibility index (Phi) is 2.95. The molecule has 82 valence electrons. The zero-order chi connectivity index (χ0) is 11.4. The molecule has 0 saturated carbocycles. The molecule has 5 nitrogen and oxygen atoms in total. The van der Waals surface area contributed by atoms with Gasteiger partial charge in [-0.3, -0.25) is 4.98 Å². The Morgan fingerprint density at radius 2 is 2.44 bits per heavy atom. The van der Waals surface area contributed by atoms with Gasteiger partial charge >= 0.3 is 5.97 Å². The molecule has 2 aromatic heterocycles. The van der Waals surface area contributed by atoms with Crippen LogP contribution in [0.1, 0.15) is 17.3 Å². The van der Waals surface area contributed by atoms with Gasteiger partial charge in [0.05, 0.1) is 6.61 Å². The third-order valence-electron chi connectivity index (χ3n) is 2.00. The zero-order valence-electron chi connectivity index (χ0n) is 8.71. The Balaban J connectivity index is 2.37. The minimum atomic E-state index is -0.442. The van der Waals surface area contributed by atoms with Crippen LogP contribution in [0.15, 0.2) is 35.3 Å². The third kappa shape index (κ3) is 1.93. The summed E-state index contributed by atoms with van der Waals surface area (Å²) in [5.74, 6) is -0.442. The van der Waals surface area contributed by atoms with Gasteiger partial charge in [0.2, 0.25) is 0 Å². The van der Waals surface area contributed by atoms with E-state index >= 15 is 0 Å². The predicted octanol–water partition coefficient (Wildman–Crippen LogP) is 1.91. The van der Waals surface area contributed by atoms with E-state index in [-0.39, 0.29) is 0 Å². The van der Waals surface area contributed by atoms with Crippen LogP contribution in [0.4, 0.5) is 0 Å². The molecule has 0 bridgehead atoms. The second-order valence-corrected chi connectivity index (χ2v) is 3.04. The van der Waals surface area contributed by atoms with Crippen molar-refractivity contribution in [3.8, 4) is 11.3 Å². The van der Waals surface area contributed by atoms with Crippen molar-refractivity contribution in [1.29, 1.82) is 0 Å². The summed E-state index contributed by atoms with van der Waals surface area (Å²) in [5.41, 5.74) is 1.49. The molecule has 2 rings (SSSR count). The molecule has 0 radical (unpaired) electrons. The number of rotatable bonds is 3. The summed E-state index contributed by atoms with van der Waals surface area (Å²) in [7, 11) is 0. The quantitative estimate of drug-likeness (QED) is 0.736. The van der Waals surface area contributed by atoms with E-state index in [2.05, 4.69) is 10.1 Å². The van der Waals surface area contributed by atoms with E-state index in [1.807, 2.05) is 0 Å². The van der Waals surface area contributed by atoms with Crippen LogP contribution in [0.2, 0.25) is 0 Å². The van der Waals surface area contributed by atoms with Crippen LogP contribution in [-0.2, 0) is 4.74 Å². The van der Waals surface area contributed by atoms with Crippen LogP contribution < -0.4 is 0 Å². The Bertz CT molecular complexity index is 479. The van der Waals surface area contributed by atoms with Crippen LogP contribution in [0.5, 0.6) is 0 Å². The number of carbonyl (C=O) groups is 1. The average molecular weight is 218 g/mol. The topological polar surface area (TPSA) is 65.2 Å². The highest BCUT2D eigenvalue weighted by molar-refractivity contribution is 5.95. The van der Waals surface area contributed by atoms with Crippen molar-refractivity contribution in [2.75, 3.05) is 6.61 Å². The first-order valence-corrected chi connectivity index (χ1v) is 4.85. The fourth-order valence-corrected chi connectivity index (χ4v) is 1.30. The largest absolute Gasteiger partial charge is 0.462 e. The Hall–Kier alpha value is -2.17. The predicted molar refractivity (Wildman–Crippen MR) is 55.7 cm³/mol. The highest BCUT2D eigenvalue weighted by atomic mass is 16.5. The molecule has 5 heteroatoms. The number of nitrogens with zero attached hydrogens (tertiary/aromatic N) is 2. The third-order valence-corrected chi connectivity index (χ3v) is 2.00. The molecule has 0 fully saturated rings. The molecule has 2 aromatic rings. The van der Waals surface area contributed by atoms with E-state index in [1.54, 1.807) is 31.5 Å². The van der Waals surface area contributed by atoms with Crippen molar-refractivity contribution in [3.05, 3.63) is 36.4 Å². The van der Waals surface area contributed by atoms with Gasteiger partial charge in [0, 0.05) is 18.0 Å². The van der Waals surface area contributed by atoms with Crippen LogP contribution >= 0.6 is 0 Å². The lowest BCUT2D eigenvalue weighted by atomic mass is 10.1. The van der Waals surface area contributed by atoms with Gasteiger partial charge in [0.1, 0.15) is 17.5 Å². The molecular weight excluding hydrogens is 208 g/mol. The molecule has 0 aliphatic heterocycles. The lowest BCUT2D eigenvalue weighted by Crippen LogP contribution is -2.04. The van der Waals surface area contributed by atoms with Crippen LogP contribution in [0, 0.1) is 0 Å². The monoisotopic (exact) mass is 218 g/mol. The van der Waals surface area contributed by atoms with Gasteiger partial charge in [-0.25, -0.2) is 4.79 Å². The van der Waals surface area contributed by atoms with Crippen LogP contribution in [-0.4, -0.2) is 22.7 Å². The Labute approximate surface area is 92.0 Å². The number of carbonyl (C=O) groups excluding carboxylic acids is 1. The Morgan fingerprint density at radius 1 is 1.56 bits per heavy atom. The van der Waals surface area contributed by atoms with Crippen molar-refractivity contribution in [3.63, 3.8) is 0 Å². The number of aromatic nitrogens is 2. The summed E-state index contributed by atoms with van der Waals surface area (Å²) in [5, 5.41) is 3.77. The van der Waals surface area contributed by atoms with Gasteiger partial charge in [-0.1, -0.05) is 5.16 Å². The minimum Gasteiger partial charge on any atom is -0.462 e. The first-order chi connectivity index (χ1) is 7.83. The first-order valence-electron chi connectivity index (χ1n) is 4.85. The lowest BCUT2D eigenvalue weighted by Gasteiger charge is -2.00. The summed E-state index contributed by atoms with van der Waals surface area (Å²) in [6, 6.07) is 3.56. The van der Waals surface area contributed by atoms with E-state index in [4.69, 9.17) is 9.26 Å². The molecule has 0 amide bonds. The summed E-state index contributed by atoms with van der Waals surface area (Å²) >= 11 is 0. The van der Waals surface area contributed by atoms with E-state index < -0.39 is 5.97 Å². The molecule has 0 aliphatic carbocycles. The molecule has 0 aromatic carbocycles. The van der Waals surface area contributed by atoms with E-state index in [9.17, 15) is 4.79 Å². The SMILES string of the molecule is CCOC(=O)c1conc1-c1cccnc1. The number of hydrogen-bond donors (Lipinski definition) is 0. The van der Waals surface area contributed by atoms with Gasteiger partial charge in [-0.15, -0.1) is 0 Å². The Morgan fingerprint density at radius 3 is 3.12 bits per heavy atom. The van der Waals surface area contributed by atoms with Gasteiger partial charge in [-0.2, -0.15) is 0 Å². The number of hydrogen-bond acceptors (Lipinski definition) is 5. The standard InChI is InChI=1S/C11H10N2O3/c1-2-15-11(14)9-7-16-13-10(9)8-4-3-5-12-6-8/h3-7H,2H2,1H3. The van der Waals surface area contributed by atoms with Gasteiger partial charge in [0.15, 0.2) is 0 Å². The maximum Gasteiger partial charge on any atom is 0.343 e. The normalized spacial score (nSPS) is 10.1. The summed E-state index contributed by atoms with van der Waals surface area (Å²) < 4.78 is 9.68. The van der Waals surface area contributed by atoms with Crippen LogP contribution in [0.3, 0.4) is 0 Å². The molecule has 0 spiro atoms. The molecule has 0 saturated heterocycles. The molecule has 2 heterocycles. The van der Waals surface area contributed by atoms with E-state index in [1.165, 1.54) is 6.26 Å². The van der Waals surface area contributed by atoms with Crippen molar-refractivity contribution >= 4 is 5.97 Å². The average Bonchev–Trinajstić information content (AvgIpc) is 2.79. The lowest BCUT2D eigenvalue weighted by molar-refractivity contribution is 0.0526. The van der Waals surface area contributed by atoms with Gasteiger partial charge in [0.25, 0.3) is 0 Å². The minimum absolute atomic E-state index is 0.315. The second kappa shape index (κ2) is 4.57. The molecule has 0 atom stereocenters. The smallest absolute Gasteiger partial charge is 0.343 e. The second-order valence-electron chi connectivity index (χ2n) is 3.04. The maximum absolute atomic E-state index is 11.6. The first kappa shape index (κ1) is 10.4. The highest BCUT2D eigenvalue weighted by Gasteiger charge is 2.18. The zero-order valence-corrected chi connectivity index (χ0v) is 8.71. The summed E-state index contributed by atoms with van der Waals surface area (Å²) in [6.07, 6.45) is 4.54. The van der Waals surface area contributed by atoms with Crippen molar-refractivity contribution in [1.82, 2.24) is 10.1 Å². The summed E-state index contributed by atoms with van der Waals surface area (Å²) in [4.78, 5) is 15.5. The van der Waals surface area contributed by atoms with Crippen molar-refractivity contribution in [2.45, 2.75) is 6.92 Å². The van der Waals surface area contributed by atoms with Gasteiger partial charge in [-0.05, 0) is 19.1 Å². The van der Waals surface area contributed by atoms with Crippen LogP contribution in [0.25, 0.3) is 11.3 Å². The number of esters is 1. The highest BCUT2D eigenvalue weighted by Crippen LogP contribution is 2.21. The fraction of sp³-hybridized carbons (Fsp3) is 0.182. The molecule has 0 aliphatic rings. The molecule has 16 heavy (non-hydrogen) atoms. The number of ether oxygens (including phenoxy) is 1.